The van der Waals surface area contributed by atoms with Crippen LogP contribution in [0.15, 0.2) is 29.3 Å². The zero-order valence-electron chi connectivity index (χ0n) is 16.8. The Hall–Kier alpha value is -1.75. The van der Waals surface area contributed by atoms with Crippen LogP contribution in [0.3, 0.4) is 0 Å². The normalized spacial score (nSPS) is 31.0. The summed E-state index contributed by atoms with van der Waals surface area (Å²) in [4.78, 5) is 7.58. The van der Waals surface area contributed by atoms with Crippen LogP contribution in [0.4, 0.5) is 0 Å². The summed E-state index contributed by atoms with van der Waals surface area (Å²) in [6.45, 7) is 4.65. The Morgan fingerprint density at radius 2 is 1.96 bits per heavy atom. The Bertz CT molecular complexity index is 647. The van der Waals surface area contributed by atoms with Gasteiger partial charge in [-0.1, -0.05) is 24.6 Å². The molecular weight excluding hydrogens is 336 g/mol. The summed E-state index contributed by atoms with van der Waals surface area (Å²) < 4.78 is 5.80. The van der Waals surface area contributed by atoms with Crippen LogP contribution >= 0.6 is 0 Å². The molecule has 2 bridgehead atoms. The van der Waals surface area contributed by atoms with Gasteiger partial charge in [0.1, 0.15) is 5.75 Å². The topological polar surface area (TPSA) is 48.9 Å². The molecule has 27 heavy (non-hydrogen) atoms. The van der Waals surface area contributed by atoms with E-state index in [0.717, 1.165) is 49.9 Å². The first-order chi connectivity index (χ1) is 13.2. The average Bonchev–Trinajstić information content (AvgIpc) is 2.67. The summed E-state index contributed by atoms with van der Waals surface area (Å²) in [6, 6.07) is 10.4. The molecule has 0 saturated carbocycles. The smallest absolute Gasteiger partial charge is 0.191 e. The number of nitrogens with zero attached hydrogens (tertiary/aromatic N) is 2. The number of guanidine groups is 1. The molecule has 0 aliphatic carbocycles. The molecule has 3 aliphatic rings. The summed E-state index contributed by atoms with van der Waals surface area (Å²) in [5.41, 5.74) is 1.30. The van der Waals surface area contributed by atoms with Gasteiger partial charge in [-0.25, -0.2) is 0 Å². The molecule has 2 N–H and O–H groups in total. The molecule has 5 heteroatoms. The molecule has 148 valence electrons. The van der Waals surface area contributed by atoms with Crippen molar-refractivity contribution < 1.29 is 4.74 Å². The standard InChI is InChI=1S/C22H34N4O/c1-3-23-22(25-17-13-18-7-6-8-19(14-17)26(18)2)24-15-16-11-12-27-21-10-5-4-9-20(16)21/h4-5,9-10,16-19H,3,6-8,11-15H2,1-2H3,(H2,23,24,25). The molecule has 1 aromatic carbocycles. The predicted molar refractivity (Wildman–Crippen MR) is 111 cm³/mol. The van der Waals surface area contributed by atoms with Gasteiger partial charge in [0, 0.05) is 37.1 Å². The zero-order valence-corrected chi connectivity index (χ0v) is 16.8. The molecule has 3 aliphatic heterocycles. The fourth-order valence-corrected chi connectivity index (χ4v) is 5.05. The SMILES string of the molecule is CCNC(=NCC1CCOc2ccccc21)NC1CC2CCCC(C1)N2C. The Balaban J connectivity index is 1.41. The highest BCUT2D eigenvalue weighted by Crippen LogP contribution is 2.34. The molecule has 1 aromatic rings. The number of para-hydroxylation sites is 1. The van der Waals surface area contributed by atoms with E-state index < -0.39 is 0 Å². The van der Waals surface area contributed by atoms with Crippen LogP contribution in [0.1, 0.15) is 56.9 Å². The van der Waals surface area contributed by atoms with Gasteiger partial charge in [-0.05, 0) is 57.7 Å². The average molecular weight is 371 g/mol. The quantitative estimate of drug-likeness (QED) is 0.632. The number of nitrogens with one attached hydrogen (secondary N) is 2. The van der Waals surface area contributed by atoms with Gasteiger partial charge < -0.3 is 20.3 Å². The Morgan fingerprint density at radius 1 is 1.19 bits per heavy atom. The van der Waals surface area contributed by atoms with Gasteiger partial charge in [0.25, 0.3) is 0 Å². The first kappa shape index (κ1) is 18.6. The minimum absolute atomic E-state index is 0.447. The van der Waals surface area contributed by atoms with Crippen molar-refractivity contribution in [3.63, 3.8) is 0 Å². The molecule has 0 spiro atoms. The van der Waals surface area contributed by atoms with Crippen molar-refractivity contribution in [3.05, 3.63) is 29.8 Å². The van der Waals surface area contributed by atoms with Gasteiger partial charge >= 0.3 is 0 Å². The second-order valence-electron chi connectivity index (χ2n) is 8.31. The number of fused-ring (bicyclic) bond motifs is 3. The van der Waals surface area contributed by atoms with Gasteiger partial charge in [-0.15, -0.1) is 0 Å². The van der Waals surface area contributed by atoms with E-state index in [1.165, 1.54) is 37.7 Å². The van der Waals surface area contributed by atoms with E-state index in [1.807, 2.05) is 6.07 Å². The number of aliphatic imine (C=N–C) groups is 1. The van der Waals surface area contributed by atoms with Gasteiger partial charge in [0.15, 0.2) is 5.96 Å². The molecule has 0 radical (unpaired) electrons. The summed E-state index contributed by atoms with van der Waals surface area (Å²) in [5.74, 6) is 2.46. The summed E-state index contributed by atoms with van der Waals surface area (Å²) >= 11 is 0. The molecule has 3 heterocycles. The second kappa shape index (κ2) is 8.51. The monoisotopic (exact) mass is 370 g/mol. The third-order valence-corrected chi connectivity index (χ3v) is 6.58. The molecule has 4 rings (SSSR count). The number of benzene rings is 1. The lowest BCUT2D eigenvalue weighted by molar-refractivity contribution is 0.0526. The lowest BCUT2D eigenvalue weighted by atomic mass is 9.82. The highest BCUT2D eigenvalue weighted by atomic mass is 16.5. The highest BCUT2D eigenvalue weighted by molar-refractivity contribution is 5.80. The highest BCUT2D eigenvalue weighted by Gasteiger charge is 2.36. The van der Waals surface area contributed by atoms with Crippen LogP contribution in [0.2, 0.25) is 0 Å². The van der Waals surface area contributed by atoms with Gasteiger partial charge in [-0.3, -0.25) is 4.99 Å². The number of hydrogen-bond acceptors (Lipinski definition) is 3. The van der Waals surface area contributed by atoms with Crippen molar-refractivity contribution in [2.45, 2.75) is 69.5 Å². The molecule has 3 unspecified atom stereocenters. The predicted octanol–water partition coefficient (Wildman–Crippen LogP) is 3.12. The summed E-state index contributed by atoms with van der Waals surface area (Å²) in [5, 5.41) is 7.21. The van der Waals surface area contributed by atoms with Crippen molar-refractivity contribution in [1.29, 1.82) is 0 Å². The van der Waals surface area contributed by atoms with Crippen LogP contribution in [0, 0.1) is 0 Å². The molecule has 5 nitrogen and oxygen atoms in total. The van der Waals surface area contributed by atoms with Crippen LogP contribution < -0.4 is 15.4 Å². The molecule has 3 atom stereocenters. The zero-order chi connectivity index (χ0) is 18.6. The lowest BCUT2D eigenvalue weighted by Crippen LogP contribution is -2.56. The Kier molecular flexibility index (Phi) is 5.86. The Morgan fingerprint density at radius 3 is 2.74 bits per heavy atom. The molecule has 2 saturated heterocycles. The maximum atomic E-state index is 5.80. The molecule has 0 amide bonds. The largest absolute Gasteiger partial charge is 0.493 e. The third kappa shape index (κ3) is 4.23. The van der Waals surface area contributed by atoms with Crippen molar-refractivity contribution >= 4 is 5.96 Å². The second-order valence-corrected chi connectivity index (χ2v) is 8.31. The van der Waals surface area contributed by atoms with Crippen LogP contribution in [0.25, 0.3) is 0 Å². The van der Waals surface area contributed by atoms with Crippen molar-refractivity contribution in [2.24, 2.45) is 4.99 Å². The molecular formula is C22H34N4O. The van der Waals surface area contributed by atoms with E-state index in [1.54, 1.807) is 0 Å². The number of rotatable bonds is 4. The summed E-state index contributed by atoms with van der Waals surface area (Å²) in [6.07, 6.45) is 7.59. The van der Waals surface area contributed by atoms with E-state index in [2.05, 4.69) is 47.7 Å². The van der Waals surface area contributed by atoms with E-state index in [9.17, 15) is 0 Å². The van der Waals surface area contributed by atoms with Crippen LogP contribution in [-0.4, -0.2) is 55.7 Å². The van der Waals surface area contributed by atoms with Gasteiger partial charge in [-0.2, -0.15) is 0 Å². The number of ether oxygens (including phenoxy) is 1. The van der Waals surface area contributed by atoms with Crippen molar-refractivity contribution in [2.75, 3.05) is 26.7 Å². The maximum Gasteiger partial charge on any atom is 0.191 e. The maximum absolute atomic E-state index is 5.80. The van der Waals surface area contributed by atoms with E-state index in [0.29, 0.717) is 12.0 Å². The number of piperidine rings is 2. The van der Waals surface area contributed by atoms with Gasteiger partial charge in [0.05, 0.1) is 6.61 Å². The fraction of sp³-hybridized carbons (Fsp3) is 0.682. The minimum Gasteiger partial charge on any atom is -0.493 e. The molecule has 0 aromatic heterocycles. The van der Waals surface area contributed by atoms with Crippen molar-refractivity contribution in [1.82, 2.24) is 15.5 Å². The summed E-state index contributed by atoms with van der Waals surface area (Å²) in [7, 11) is 2.31. The minimum atomic E-state index is 0.447. The first-order valence-electron chi connectivity index (χ1n) is 10.7. The van der Waals surface area contributed by atoms with E-state index in [-0.39, 0.29) is 0 Å². The fourth-order valence-electron chi connectivity index (χ4n) is 5.05. The van der Waals surface area contributed by atoms with E-state index >= 15 is 0 Å². The van der Waals surface area contributed by atoms with Gasteiger partial charge in [0.2, 0.25) is 0 Å². The Labute approximate surface area is 163 Å². The lowest BCUT2D eigenvalue weighted by Gasteiger charge is -2.47. The number of hydrogen-bond donors (Lipinski definition) is 2. The third-order valence-electron chi connectivity index (χ3n) is 6.58. The molecule has 2 fully saturated rings. The van der Waals surface area contributed by atoms with E-state index in [4.69, 9.17) is 9.73 Å². The van der Waals surface area contributed by atoms with Crippen molar-refractivity contribution in [3.8, 4) is 5.75 Å². The van der Waals surface area contributed by atoms with Crippen LogP contribution in [-0.2, 0) is 0 Å². The van der Waals surface area contributed by atoms with Crippen LogP contribution in [0.5, 0.6) is 5.75 Å². The first-order valence-corrected chi connectivity index (χ1v) is 10.7.